The molecular weight excluding hydrogens is 248 g/mol. The molecule has 3 nitrogen and oxygen atoms in total. The van der Waals surface area contributed by atoms with Crippen molar-refractivity contribution in [3.05, 3.63) is 0 Å². The normalized spacial score (nSPS) is 29.4. The first kappa shape index (κ1) is 15.8. The predicted molar refractivity (Wildman–Crippen MR) is 83.7 cm³/mol. The van der Waals surface area contributed by atoms with E-state index in [1.54, 1.807) is 0 Å². The van der Waals surface area contributed by atoms with Gasteiger partial charge in [0.25, 0.3) is 0 Å². The lowest BCUT2D eigenvalue weighted by Gasteiger charge is -2.37. The number of carbonyl (C=O) groups is 1. The van der Waals surface area contributed by atoms with Gasteiger partial charge in [0, 0.05) is 12.6 Å². The summed E-state index contributed by atoms with van der Waals surface area (Å²) in [5.74, 6) is 0.331. The first-order chi connectivity index (χ1) is 9.77. The molecule has 2 N–H and O–H groups in total. The van der Waals surface area contributed by atoms with Gasteiger partial charge in [0.2, 0.25) is 5.91 Å². The summed E-state index contributed by atoms with van der Waals surface area (Å²) in [5.41, 5.74) is -0.130. The topological polar surface area (TPSA) is 41.1 Å². The van der Waals surface area contributed by atoms with E-state index < -0.39 is 0 Å². The average Bonchev–Trinajstić information content (AvgIpc) is 2.43. The van der Waals surface area contributed by atoms with Gasteiger partial charge >= 0.3 is 0 Å². The van der Waals surface area contributed by atoms with Crippen LogP contribution in [0.25, 0.3) is 0 Å². The zero-order chi connectivity index (χ0) is 14.3. The van der Waals surface area contributed by atoms with Crippen molar-refractivity contribution in [1.29, 1.82) is 0 Å². The summed E-state index contributed by atoms with van der Waals surface area (Å²) in [6, 6.07) is 0.429. The van der Waals surface area contributed by atoms with Crippen molar-refractivity contribution in [3.8, 4) is 0 Å². The van der Waals surface area contributed by atoms with Crippen molar-refractivity contribution >= 4 is 5.91 Å². The Bertz CT molecular complexity index is 284. The summed E-state index contributed by atoms with van der Waals surface area (Å²) >= 11 is 0. The minimum absolute atomic E-state index is 0.130. The lowest BCUT2D eigenvalue weighted by molar-refractivity contribution is -0.133. The molecule has 0 spiro atoms. The van der Waals surface area contributed by atoms with Crippen molar-refractivity contribution in [3.63, 3.8) is 0 Å². The van der Waals surface area contributed by atoms with E-state index >= 15 is 0 Å². The second-order valence-corrected chi connectivity index (χ2v) is 6.83. The van der Waals surface area contributed by atoms with Crippen LogP contribution in [0, 0.1) is 5.41 Å². The molecule has 1 amide bonds. The van der Waals surface area contributed by atoms with Crippen LogP contribution in [-0.2, 0) is 4.79 Å². The minimum Gasteiger partial charge on any atom is -0.353 e. The highest BCUT2D eigenvalue weighted by atomic mass is 16.2. The minimum atomic E-state index is -0.130. The van der Waals surface area contributed by atoms with E-state index in [4.69, 9.17) is 0 Å². The molecule has 1 aliphatic carbocycles. The Morgan fingerprint density at radius 2 is 1.85 bits per heavy atom. The van der Waals surface area contributed by atoms with E-state index in [0.717, 1.165) is 38.8 Å². The number of carbonyl (C=O) groups excluding carboxylic acids is 1. The van der Waals surface area contributed by atoms with Crippen molar-refractivity contribution in [2.24, 2.45) is 5.41 Å². The van der Waals surface area contributed by atoms with Gasteiger partial charge in [-0.05, 0) is 38.6 Å². The molecule has 0 aromatic carbocycles. The second kappa shape index (κ2) is 8.02. The van der Waals surface area contributed by atoms with Crippen LogP contribution in [0.2, 0.25) is 0 Å². The van der Waals surface area contributed by atoms with Crippen LogP contribution in [0.1, 0.15) is 77.6 Å². The van der Waals surface area contributed by atoms with Crippen molar-refractivity contribution in [2.75, 3.05) is 13.1 Å². The molecule has 1 saturated heterocycles. The molecule has 1 saturated carbocycles. The quantitative estimate of drug-likeness (QED) is 0.829. The fraction of sp³-hybridized carbons (Fsp3) is 0.941. The molecule has 1 atom stereocenters. The highest BCUT2D eigenvalue weighted by molar-refractivity contribution is 5.83. The van der Waals surface area contributed by atoms with Crippen LogP contribution in [-0.4, -0.2) is 25.0 Å². The summed E-state index contributed by atoms with van der Waals surface area (Å²) in [6.45, 7) is 4.14. The Balaban J connectivity index is 1.92. The molecule has 1 aliphatic heterocycles. The molecule has 0 radical (unpaired) electrons. The van der Waals surface area contributed by atoms with Gasteiger partial charge in [-0.1, -0.05) is 45.4 Å². The molecule has 2 fully saturated rings. The number of rotatable bonds is 4. The Labute approximate surface area is 124 Å². The molecule has 3 heteroatoms. The summed E-state index contributed by atoms with van der Waals surface area (Å²) in [6.07, 6.45) is 13.3. The molecule has 2 aliphatic rings. The number of amides is 1. The number of nitrogens with one attached hydrogen (secondary N) is 2. The van der Waals surface area contributed by atoms with Crippen LogP contribution in [0.5, 0.6) is 0 Å². The third-order valence-corrected chi connectivity index (χ3v) is 5.12. The Hall–Kier alpha value is -0.570. The third-order valence-electron chi connectivity index (χ3n) is 5.12. The average molecular weight is 280 g/mol. The molecule has 1 heterocycles. The summed E-state index contributed by atoms with van der Waals surface area (Å²) < 4.78 is 0. The van der Waals surface area contributed by atoms with Gasteiger partial charge in [-0.2, -0.15) is 0 Å². The Morgan fingerprint density at radius 1 is 1.15 bits per heavy atom. The molecule has 0 bridgehead atoms. The van der Waals surface area contributed by atoms with Gasteiger partial charge in [-0.3, -0.25) is 4.79 Å². The van der Waals surface area contributed by atoms with Gasteiger partial charge in [0.1, 0.15) is 0 Å². The van der Waals surface area contributed by atoms with Gasteiger partial charge in [0.15, 0.2) is 0 Å². The van der Waals surface area contributed by atoms with E-state index in [1.165, 1.54) is 44.9 Å². The lowest BCUT2D eigenvalue weighted by atomic mass is 9.76. The first-order valence-electron chi connectivity index (χ1n) is 8.78. The molecule has 0 aromatic rings. The maximum absolute atomic E-state index is 12.8. The van der Waals surface area contributed by atoms with E-state index in [1.807, 2.05) is 0 Å². The largest absolute Gasteiger partial charge is 0.353 e. The van der Waals surface area contributed by atoms with Crippen LogP contribution in [0.4, 0.5) is 0 Å². The second-order valence-electron chi connectivity index (χ2n) is 6.83. The zero-order valence-corrected chi connectivity index (χ0v) is 13.2. The van der Waals surface area contributed by atoms with E-state index in [-0.39, 0.29) is 5.41 Å². The van der Waals surface area contributed by atoms with E-state index in [9.17, 15) is 4.79 Å². The summed E-state index contributed by atoms with van der Waals surface area (Å²) in [7, 11) is 0. The number of piperidine rings is 1. The van der Waals surface area contributed by atoms with Gasteiger partial charge in [-0.15, -0.1) is 0 Å². The van der Waals surface area contributed by atoms with Gasteiger partial charge in [-0.25, -0.2) is 0 Å². The Morgan fingerprint density at radius 3 is 2.45 bits per heavy atom. The van der Waals surface area contributed by atoms with Gasteiger partial charge < -0.3 is 10.6 Å². The van der Waals surface area contributed by atoms with E-state index in [0.29, 0.717) is 11.9 Å². The van der Waals surface area contributed by atoms with Gasteiger partial charge in [0.05, 0.1) is 5.41 Å². The van der Waals surface area contributed by atoms with Crippen LogP contribution in [0.15, 0.2) is 0 Å². The Kier molecular flexibility index (Phi) is 6.34. The molecule has 0 aromatic heterocycles. The zero-order valence-electron chi connectivity index (χ0n) is 13.2. The summed E-state index contributed by atoms with van der Waals surface area (Å²) in [5, 5.41) is 6.84. The van der Waals surface area contributed by atoms with Crippen LogP contribution < -0.4 is 10.6 Å². The maximum atomic E-state index is 12.8. The first-order valence-corrected chi connectivity index (χ1v) is 8.78. The van der Waals surface area contributed by atoms with Crippen molar-refractivity contribution < 1.29 is 4.79 Å². The standard InChI is InChI=1S/C17H32N2O/c1-2-11-17(12-8-13-18-14-17)16(20)19-15-9-6-4-3-5-7-10-15/h15,18H,2-14H2,1H3,(H,19,20). The smallest absolute Gasteiger partial charge is 0.227 e. The van der Waals surface area contributed by atoms with Crippen molar-refractivity contribution in [1.82, 2.24) is 10.6 Å². The van der Waals surface area contributed by atoms with Crippen LogP contribution >= 0.6 is 0 Å². The maximum Gasteiger partial charge on any atom is 0.227 e. The third kappa shape index (κ3) is 4.21. The summed E-state index contributed by atoms with van der Waals surface area (Å²) in [4.78, 5) is 12.8. The fourth-order valence-electron chi connectivity index (χ4n) is 3.91. The number of hydrogen-bond acceptors (Lipinski definition) is 2. The molecule has 1 unspecified atom stereocenters. The fourth-order valence-corrected chi connectivity index (χ4v) is 3.91. The molecular formula is C17H32N2O. The lowest BCUT2D eigenvalue weighted by Crippen LogP contribution is -2.52. The highest BCUT2D eigenvalue weighted by Crippen LogP contribution is 2.32. The van der Waals surface area contributed by atoms with Crippen molar-refractivity contribution in [2.45, 2.75) is 83.6 Å². The molecule has 116 valence electrons. The predicted octanol–water partition coefficient (Wildman–Crippen LogP) is 3.39. The number of hydrogen-bond donors (Lipinski definition) is 2. The SMILES string of the molecule is CCCC1(C(=O)NC2CCCCCCC2)CCCNC1. The van der Waals surface area contributed by atoms with E-state index in [2.05, 4.69) is 17.6 Å². The molecule has 20 heavy (non-hydrogen) atoms. The van der Waals surface area contributed by atoms with Crippen LogP contribution in [0.3, 0.4) is 0 Å². The monoisotopic (exact) mass is 280 g/mol. The molecule has 2 rings (SSSR count). The highest BCUT2D eigenvalue weighted by Gasteiger charge is 2.39.